The number of ketones is 1. The zero-order chi connectivity index (χ0) is 20.4. The van der Waals surface area contributed by atoms with Gasteiger partial charge in [0.1, 0.15) is 5.76 Å². The van der Waals surface area contributed by atoms with E-state index < -0.39 is 17.7 Å². The Bertz CT molecular complexity index is 942. The molecular formula is C20H18ClNO6. The zero-order valence-electron chi connectivity index (χ0n) is 15.4. The van der Waals surface area contributed by atoms with Gasteiger partial charge in [0.15, 0.2) is 11.5 Å². The highest BCUT2D eigenvalue weighted by molar-refractivity contribution is 6.46. The summed E-state index contributed by atoms with van der Waals surface area (Å²) in [5, 5.41) is 13.8. The lowest BCUT2D eigenvalue weighted by atomic mass is 9.95. The first kappa shape index (κ1) is 19.6. The van der Waals surface area contributed by atoms with Gasteiger partial charge in [-0.15, -0.1) is 0 Å². The average molecular weight is 404 g/mol. The second-order valence-electron chi connectivity index (χ2n) is 5.96. The first-order valence-corrected chi connectivity index (χ1v) is 8.63. The number of carbonyl (C=O) groups excluding carboxylic acids is 2. The molecule has 146 valence electrons. The summed E-state index contributed by atoms with van der Waals surface area (Å²) in [6, 6.07) is 8.62. The van der Waals surface area contributed by atoms with Gasteiger partial charge in [0.2, 0.25) is 5.75 Å². The van der Waals surface area contributed by atoms with Gasteiger partial charge in [-0.05, 0) is 42.0 Å². The van der Waals surface area contributed by atoms with E-state index in [-0.39, 0.29) is 11.3 Å². The predicted octanol–water partition coefficient (Wildman–Crippen LogP) is 3.08. The van der Waals surface area contributed by atoms with E-state index in [0.29, 0.717) is 33.4 Å². The van der Waals surface area contributed by atoms with E-state index in [4.69, 9.17) is 25.8 Å². The summed E-state index contributed by atoms with van der Waals surface area (Å²) in [6.45, 7) is 0. The lowest BCUT2D eigenvalue weighted by Gasteiger charge is -2.18. The van der Waals surface area contributed by atoms with E-state index >= 15 is 0 Å². The van der Waals surface area contributed by atoms with Crippen LogP contribution in [0.5, 0.6) is 17.2 Å². The van der Waals surface area contributed by atoms with Crippen molar-refractivity contribution in [3.63, 3.8) is 0 Å². The lowest BCUT2D eigenvalue weighted by Crippen LogP contribution is -2.21. The van der Waals surface area contributed by atoms with Crippen LogP contribution in [0.1, 0.15) is 17.2 Å². The Hall–Kier alpha value is -3.19. The standard InChI is InChI=1S/C20H18ClNO6/c1-26-13-8-11(9-14(27-2)19(13)28-3)16-15(18(24)20(25)22-16)17(23)10-4-6-12(21)7-5-10/h4-9,16,23H,1-3H3,(H,22,25)/b17-15-. The molecule has 2 aromatic carbocycles. The Balaban J connectivity index is 2.17. The summed E-state index contributed by atoms with van der Waals surface area (Å²) in [5.41, 5.74) is 0.785. The minimum atomic E-state index is -0.885. The van der Waals surface area contributed by atoms with Gasteiger partial charge in [0.25, 0.3) is 11.7 Å². The molecular weight excluding hydrogens is 386 g/mol. The SMILES string of the molecule is COc1cc(C2NC(=O)C(=O)/C2=C(\O)c2ccc(Cl)cc2)cc(OC)c1OC. The number of Topliss-reactive ketones (excluding diaryl/α,β-unsaturated/α-hetero) is 1. The molecule has 0 radical (unpaired) electrons. The number of nitrogens with one attached hydrogen (secondary N) is 1. The topological polar surface area (TPSA) is 94.1 Å². The molecule has 0 aliphatic carbocycles. The third-order valence-corrected chi connectivity index (χ3v) is 4.66. The number of aliphatic hydroxyl groups is 1. The van der Waals surface area contributed by atoms with E-state index in [2.05, 4.69) is 5.32 Å². The molecule has 28 heavy (non-hydrogen) atoms. The van der Waals surface area contributed by atoms with E-state index in [9.17, 15) is 14.7 Å². The lowest BCUT2D eigenvalue weighted by molar-refractivity contribution is -0.133. The van der Waals surface area contributed by atoms with Gasteiger partial charge in [-0.1, -0.05) is 11.6 Å². The Morgan fingerprint density at radius 3 is 2.07 bits per heavy atom. The molecule has 1 unspecified atom stereocenters. The number of aliphatic hydroxyl groups excluding tert-OH is 1. The fourth-order valence-corrected chi connectivity index (χ4v) is 3.17. The van der Waals surface area contributed by atoms with E-state index in [1.165, 1.54) is 21.3 Å². The monoisotopic (exact) mass is 403 g/mol. The molecule has 8 heteroatoms. The van der Waals surface area contributed by atoms with Crippen LogP contribution in [-0.4, -0.2) is 38.1 Å². The van der Waals surface area contributed by atoms with Crippen molar-refractivity contribution >= 4 is 29.1 Å². The molecule has 0 saturated carbocycles. The van der Waals surface area contributed by atoms with E-state index in [0.717, 1.165) is 0 Å². The molecule has 1 saturated heterocycles. The van der Waals surface area contributed by atoms with Crippen molar-refractivity contribution in [1.82, 2.24) is 5.32 Å². The number of ether oxygens (including phenoxy) is 3. The molecule has 0 aromatic heterocycles. The number of benzene rings is 2. The van der Waals surface area contributed by atoms with Crippen LogP contribution in [0.25, 0.3) is 5.76 Å². The smallest absolute Gasteiger partial charge is 0.293 e. The molecule has 0 spiro atoms. The van der Waals surface area contributed by atoms with Crippen LogP contribution in [0.4, 0.5) is 0 Å². The highest BCUT2D eigenvalue weighted by Crippen LogP contribution is 2.42. The minimum Gasteiger partial charge on any atom is -0.507 e. The number of halogens is 1. The van der Waals surface area contributed by atoms with E-state index in [1.54, 1.807) is 36.4 Å². The van der Waals surface area contributed by atoms with Gasteiger partial charge in [0.05, 0.1) is 32.9 Å². The molecule has 1 aliphatic rings. The maximum Gasteiger partial charge on any atom is 0.293 e. The minimum absolute atomic E-state index is 0.0680. The van der Waals surface area contributed by atoms with E-state index in [1.807, 2.05) is 0 Å². The Labute approximate surface area is 166 Å². The fourth-order valence-electron chi connectivity index (χ4n) is 3.05. The van der Waals surface area contributed by atoms with Crippen molar-refractivity contribution in [2.24, 2.45) is 0 Å². The van der Waals surface area contributed by atoms with Crippen molar-refractivity contribution in [3.8, 4) is 17.2 Å². The summed E-state index contributed by atoms with van der Waals surface area (Å²) in [6.07, 6.45) is 0. The van der Waals surface area contributed by atoms with Crippen LogP contribution in [-0.2, 0) is 9.59 Å². The van der Waals surface area contributed by atoms with Gasteiger partial charge in [-0.3, -0.25) is 9.59 Å². The largest absolute Gasteiger partial charge is 0.507 e. The van der Waals surface area contributed by atoms with Gasteiger partial charge in [0, 0.05) is 10.6 Å². The number of amides is 1. The second kappa shape index (κ2) is 7.82. The van der Waals surface area contributed by atoms with Crippen LogP contribution < -0.4 is 19.5 Å². The summed E-state index contributed by atoms with van der Waals surface area (Å²) in [5.74, 6) is -0.845. The molecule has 2 aromatic rings. The molecule has 7 nitrogen and oxygen atoms in total. The molecule has 2 N–H and O–H groups in total. The van der Waals surface area contributed by atoms with Crippen molar-refractivity contribution in [2.45, 2.75) is 6.04 Å². The molecule has 3 rings (SSSR count). The highest BCUT2D eigenvalue weighted by Gasteiger charge is 2.40. The normalized spacial score (nSPS) is 17.9. The number of carbonyl (C=O) groups is 2. The second-order valence-corrected chi connectivity index (χ2v) is 6.40. The third-order valence-electron chi connectivity index (χ3n) is 4.41. The molecule has 1 atom stereocenters. The summed E-state index contributed by atoms with van der Waals surface area (Å²) < 4.78 is 16.0. The zero-order valence-corrected chi connectivity index (χ0v) is 16.2. The highest BCUT2D eigenvalue weighted by atomic mass is 35.5. The fraction of sp³-hybridized carbons (Fsp3) is 0.200. The van der Waals surface area contributed by atoms with Gasteiger partial charge < -0.3 is 24.6 Å². The van der Waals surface area contributed by atoms with Crippen LogP contribution in [0.15, 0.2) is 42.0 Å². The van der Waals surface area contributed by atoms with Gasteiger partial charge >= 0.3 is 0 Å². The van der Waals surface area contributed by atoms with Gasteiger partial charge in [-0.2, -0.15) is 0 Å². The van der Waals surface area contributed by atoms with Crippen LogP contribution in [0.3, 0.4) is 0 Å². The van der Waals surface area contributed by atoms with Crippen LogP contribution in [0.2, 0.25) is 5.02 Å². The summed E-state index contributed by atoms with van der Waals surface area (Å²) in [7, 11) is 4.39. The summed E-state index contributed by atoms with van der Waals surface area (Å²) in [4.78, 5) is 24.5. The molecule has 0 bridgehead atoms. The number of methoxy groups -OCH3 is 3. The molecule has 1 heterocycles. The number of hydrogen-bond donors (Lipinski definition) is 2. The average Bonchev–Trinajstić information content (AvgIpc) is 3.01. The van der Waals surface area contributed by atoms with Gasteiger partial charge in [-0.25, -0.2) is 0 Å². The van der Waals surface area contributed by atoms with Crippen molar-refractivity contribution in [3.05, 3.63) is 58.1 Å². The van der Waals surface area contributed by atoms with Crippen LogP contribution in [0, 0.1) is 0 Å². The Morgan fingerprint density at radius 1 is 1.00 bits per heavy atom. The van der Waals surface area contributed by atoms with Crippen LogP contribution >= 0.6 is 11.6 Å². The molecule has 1 amide bonds. The first-order valence-electron chi connectivity index (χ1n) is 8.25. The first-order chi connectivity index (χ1) is 13.4. The molecule has 1 aliphatic heterocycles. The molecule has 1 fully saturated rings. The Kier molecular flexibility index (Phi) is 5.46. The van der Waals surface area contributed by atoms with Crippen molar-refractivity contribution in [2.75, 3.05) is 21.3 Å². The van der Waals surface area contributed by atoms with Crippen molar-refractivity contribution in [1.29, 1.82) is 0 Å². The van der Waals surface area contributed by atoms with Crippen molar-refractivity contribution < 1.29 is 28.9 Å². The number of rotatable bonds is 5. The maximum atomic E-state index is 12.5. The Morgan fingerprint density at radius 2 is 1.57 bits per heavy atom. The predicted molar refractivity (Wildman–Crippen MR) is 103 cm³/mol. The quantitative estimate of drug-likeness (QED) is 0.452. The maximum absolute atomic E-state index is 12.5. The number of hydrogen-bond acceptors (Lipinski definition) is 6. The third kappa shape index (κ3) is 3.36. The summed E-state index contributed by atoms with van der Waals surface area (Å²) >= 11 is 5.88.